The van der Waals surface area contributed by atoms with E-state index in [1.165, 1.54) is 0 Å². The van der Waals surface area contributed by atoms with E-state index in [1.54, 1.807) is 23.9 Å². The SMILES string of the molecule is CSCCNc1ccc(C#N)c(Cl)c1. The molecule has 4 heteroatoms. The Morgan fingerprint density at radius 2 is 2.36 bits per heavy atom. The zero-order chi connectivity index (χ0) is 10.4. The maximum absolute atomic E-state index is 8.67. The number of thioether (sulfide) groups is 1. The maximum Gasteiger partial charge on any atom is 0.101 e. The van der Waals surface area contributed by atoms with Crippen LogP contribution in [0.5, 0.6) is 0 Å². The van der Waals surface area contributed by atoms with Crippen LogP contribution in [0, 0.1) is 11.3 Å². The van der Waals surface area contributed by atoms with E-state index in [2.05, 4.69) is 11.6 Å². The zero-order valence-corrected chi connectivity index (χ0v) is 9.45. The molecule has 1 N–H and O–H groups in total. The van der Waals surface area contributed by atoms with Crippen LogP contribution in [0.2, 0.25) is 5.02 Å². The summed E-state index contributed by atoms with van der Waals surface area (Å²) in [5.74, 6) is 1.05. The van der Waals surface area contributed by atoms with Crippen LogP contribution in [0.25, 0.3) is 0 Å². The molecule has 0 heterocycles. The van der Waals surface area contributed by atoms with Crippen LogP contribution in [-0.4, -0.2) is 18.6 Å². The quantitative estimate of drug-likeness (QED) is 0.802. The minimum absolute atomic E-state index is 0.502. The van der Waals surface area contributed by atoms with E-state index in [0.29, 0.717) is 10.6 Å². The summed E-state index contributed by atoms with van der Waals surface area (Å²) in [4.78, 5) is 0. The fraction of sp³-hybridized carbons (Fsp3) is 0.300. The average molecular weight is 227 g/mol. The van der Waals surface area contributed by atoms with Gasteiger partial charge in [-0.05, 0) is 24.5 Å². The van der Waals surface area contributed by atoms with Crippen molar-refractivity contribution in [3.05, 3.63) is 28.8 Å². The number of nitrogens with zero attached hydrogens (tertiary/aromatic N) is 1. The van der Waals surface area contributed by atoms with Crippen molar-refractivity contribution in [2.75, 3.05) is 23.9 Å². The number of hydrogen-bond acceptors (Lipinski definition) is 3. The highest BCUT2D eigenvalue weighted by Crippen LogP contribution is 2.19. The number of rotatable bonds is 4. The Morgan fingerprint density at radius 3 is 2.93 bits per heavy atom. The lowest BCUT2D eigenvalue weighted by atomic mass is 10.2. The lowest BCUT2D eigenvalue weighted by Gasteiger charge is -2.05. The normalized spacial score (nSPS) is 9.50. The molecule has 1 aromatic carbocycles. The molecule has 0 saturated carbocycles. The van der Waals surface area contributed by atoms with E-state index in [4.69, 9.17) is 16.9 Å². The first-order valence-electron chi connectivity index (χ1n) is 4.20. The second-order valence-corrected chi connectivity index (χ2v) is 4.12. The molecule has 0 fully saturated rings. The molecule has 0 bridgehead atoms. The first-order chi connectivity index (χ1) is 6.77. The molecule has 14 heavy (non-hydrogen) atoms. The van der Waals surface area contributed by atoms with Crippen molar-refractivity contribution in [3.63, 3.8) is 0 Å². The Labute approximate surface area is 93.3 Å². The molecule has 2 nitrogen and oxygen atoms in total. The summed E-state index contributed by atoms with van der Waals surface area (Å²) in [6, 6.07) is 7.40. The van der Waals surface area contributed by atoms with Crippen molar-refractivity contribution in [1.82, 2.24) is 0 Å². The summed E-state index contributed by atoms with van der Waals surface area (Å²) < 4.78 is 0. The molecule has 0 spiro atoms. The topological polar surface area (TPSA) is 35.8 Å². The van der Waals surface area contributed by atoms with Crippen molar-refractivity contribution < 1.29 is 0 Å². The van der Waals surface area contributed by atoms with E-state index in [-0.39, 0.29) is 0 Å². The third-order valence-corrected chi connectivity index (χ3v) is 2.65. The van der Waals surface area contributed by atoms with Gasteiger partial charge < -0.3 is 5.32 Å². The average Bonchev–Trinajstić information content (AvgIpc) is 2.18. The summed E-state index contributed by atoms with van der Waals surface area (Å²) >= 11 is 7.66. The summed E-state index contributed by atoms with van der Waals surface area (Å²) in [5, 5.41) is 12.4. The largest absolute Gasteiger partial charge is 0.384 e. The highest BCUT2D eigenvalue weighted by Gasteiger charge is 1.99. The predicted octanol–water partition coefficient (Wildman–Crippen LogP) is 2.99. The number of hydrogen-bond donors (Lipinski definition) is 1. The van der Waals surface area contributed by atoms with Gasteiger partial charge in [-0.2, -0.15) is 17.0 Å². The van der Waals surface area contributed by atoms with Crippen LogP contribution in [0.4, 0.5) is 5.69 Å². The third-order valence-electron chi connectivity index (χ3n) is 1.72. The van der Waals surface area contributed by atoms with Gasteiger partial charge in [0.15, 0.2) is 0 Å². The number of benzene rings is 1. The second kappa shape index (κ2) is 5.79. The van der Waals surface area contributed by atoms with E-state index in [0.717, 1.165) is 18.0 Å². The zero-order valence-electron chi connectivity index (χ0n) is 7.88. The molecule has 0 aromatic heterocycles. The van der Waals surface area contributed by atoms with Gasteiger partial charge in [-0.3, -0.25) is 0 Å². The van der Waals surface area contributed by atoms with E-state index >= 15 is 0 Å². The fourth-order valence-electron chi connectivity index (χ4n) is 1.01. The van der Waals surface area contributed by atoms with Crippen LogP contribution in [0.1, 0.15) is 5.56 Å². The molecule has 0 aliphatic carbocycles. The van der Waals surface area contributed by atoms with Gasteiger partial charge in [0.2, 0.25) is 0 Å². The lowest BCUT2D eigenvalue weighted by Crippen LogP contribution is -2.03. The minimum Gasteiger partial charge on any atom is -0.384 e. The third kappa shape index (κ3) is 3.13. The van der Waals surface area contributed by atoms with Crippen molar-refractivity contribution in [2.24, 2.45) is 0 Å². The van der Waals surface area contributed by atoms with Gasteiger partial charge in [0, 0.05) is 18.0 Å². The molecule has 0 saturated heterocycles. The van der Waals surface area contributed by atoms with Crippen molar-refractivity contribution in [1.29, 1.82) is 5.26 Å². The number of nitriles is 1. The molecule has 0 amide bonds. The molecule has 1 aromatic rings. The summed E-state index contributed by atoms with van der Waals surface area (Å²) in [6.07, 6.45) is 2.06. The first kappa shape index (κ1) is 11.2. The predicted molar refractivity (Wildman–Crippen MR) is 63.0 cm³/mol. The summed E-state index contributed by atoms with van der Waals surface area (Å²) in [5.41, 5.74) is 1.48. The monoisotopic (exact) mass is 226 g/mol. The Kier molecular flexibility index (Phi) is 4.64. The molecule has 0 unspecified atom stereocenters. The fourth-order valence-corrected chi connectivity index (χ4v) is 1.54. The van der Waals surface area contributed by atoms with Crippen LogP contribution in [-0.2, 0) is 0 Å². The number of anilines is 1. The van der Waals surface area contributed by atoms with Gasteiger partial charge in [-0.25, -0.2) is 0 Å². The van der Waals surface area contributed by atoms with E-state index in [9.17, 15) is 0 Å². The maximum atomic E-state index is 8.67. The molecule has 74 valence electrons. The summed E-state index contributed by atoms with van der Waals surface area (Å²) in [7, 11) is 0. The molecule has 0 radical (unpaired) electrons. The van der Waals surface area contributed by atoms with Gasteiger partial charge in [-0.1, -0.05) is 11.6 Å². The highest BCUT2D eigenvalue weighted by atomic mass is 35.5. The number of nitrogens with one attached hydrogen (secondary N) is 1. The number of halogens is 1. The lowest BCUT2D eigenvalue weighted by molar-refractivity contribution is 1.23. The molecule has 1 rings (SSSR count). The first-order valence-corrected chi connectivity index (χ1v) is 5.97. The van der Waals surface area contributed by atoms with Crippen molar-refractivity contribution in [2.45, 2.75) is 0 Å². The second-order valence-electron chi connectivity index (χ2n) is 2.73. The summed E-state index contributed by atoms with van der Waals surface area (Å²) in [6.45, 7) is 0.906. The van der Waals surface area contributed by atoms with Gasteiger partial charge in [0.1, 0.15) is 6.07 Å². The van der Waals surface area contributed by atoms with Crippen molar-refractivity contribution >= 4 is 29.1 Å². The standard InChI is InChI=1S/C10H11ClN2S/c1-14-5-4-13-9-3-2-8(7-12)10(11)6-9/h2-3,6,13H,4-5H2,1H3. The smallest absolute Gasteiger partial charge is 0.101 e. The van der Waals surface area contributed by atoms with Crippen molar-refractivity contribution in [3.8, 4) is 6.07 Å². The van der Waals surface area contributed by atoms with E-state index in [1.807, 2.05) is 12.1 Å². The Balaban J connectivity index is 2.63. The molecule has 0 aliphatic heterocycles. The molecule has 0 aliphatic rings. The van der Waals surface area contributed by atoms with Crippen LogP contribution in [0.15, 0.2) is 18.2 Å². The Morgan fingerprint density at radius 1 is 1.57 bits per heavy atom. The van der Waals surface area contributed by atoms with Gasteiger partial charge in [0.05, 0.1) is 10.6 Å². The molecule has 0 atom stereocenters. The minimum atomic E-state index is 0.502. The Bertz CT molecular complexity index is 346. The van der Waals surface area contributed by atoms with Crippen LogP contribution >= 0.6 is 23.4 Å². The molecular formula is C10H11ClN2S. The van der Waals surface area contributed by atoms with Gasteiger partial charge >= 0.3 is 0 Å². The van der Waals surface area contributed by atoms with Crippen LogP contribution < -0.4 is 5.32 Å². The highest BCUT2D eigenvalue weighted by molar-refractivity contribution is 7.98. The van der Waals surface area contributed by atoms with E-state index < -0.39 is 0 Å². The van der Waals surface area contributed by atoms with Crippen LogP contribution in [0.3, 0.4) is 0 Å². The van der Waals surface area contributed by atoms with Gasteiger partial charge in [-0.15, -0.1) is 0 Å². The Hall–Kier alpha value is -0.850. The molecular weight excluding hydrogens is 216 g/mol. The van der Waals surface area contributed by atoms with Gasteiger partial charge in [0.25, 0.3) is 0 Å².